The van der Waals surface area contributed by atoms with Gasteiger partial charge in [0, 0.05) is 18.5 Å². The van der Waals surface area contributed by atoms with Gasteiger partial charge < -0.3 is 10.1 Å². The molecule has 3 nitrogen and oxygen atoms in total. The summed E-state index contributed by atoms with van der Waals surface area (Å²) in [6, 6.07) is 19.5. The van der Waals surface area contributed by atoms with Crippen LogP contribution in [0.25, 0.3) is 11.1 Å². The first-order chi connectivity index (χ1) is 12.8. The summed E-state index contributed by atoms with van der Waals surface area (Å²) in [5, 5.41) is 3.64. The molecule has 2 aromatic carbocycles. The molecule has 3 atom stereocenters. The van der Waals surface area contributed by atoms with Gasteiger partial charge in [-0.15, -0.1) is 12.4 Å². The van der Waals surface area contributed by atoms with Crippen molar-refractivity contribution >= 4 is 18.4 Å². The van der Waals surface area contributed by atoms with Crippen molar-refractivity contribution < 1.29 is 9.53 Å². The van der Waals surface area contributed by atoms with Crippen molar-refractivity contribution in [1.82, 2.24) is 5.32 Å². The zero-order chi connectivity index (χ0) is 19.4. The minimum absolute atomic E-state index is 0. The van der Waals surface area contributed by atoms with Crippen LogP contribution in [-0.4, -0.2) is 23.7 Å². The van der Waals surface area contributed by atoms with Crippen LogP contribution < -0.4 is 5.32 Å². The molecule has 2 aromatic rings. The lowest BCUT2D eigenvalue weighted by Gasteiger charge is -2.29. The number of hydrogen-bond acceptors (Lipinski definition) is 3. The number of carbonyl (C=O) groups is 1. The second-order valence-electron chi connectivity index (χ2n) is 8.75. The third-order valence-electron chi connectivity index (χ3n) is 5.12. The molecule has 0 amide bonds. The van der Waals surface area contributed by atoms with Crippen LogP contribution in [0.4, 0.5) is 0 Å². The van der Waals surface area contributed by atoms with Crippen LogP contribution in [0.2, 0.25) is 0 Å². The lowest BCUT2D eigenvalue weighted by molar-refractivity contribution is -0.147. The van der Waals surface area contributed by atoms with Crippen LogP contribution >= 0.6 is 12.4 Å². The molecule has 0 bridgehead atoms. The summed E-state index contributed by atoms with van der Waals surface area (Å²) in [6.07, 6.45) is 2.95. The van der Waals surface area contributed by atoms with E-state index < -0.39 is 0 Å². The normalized spacial score (nSPS) is 21.8. The van der Waals surface area contributed by atoms with Gasteiger partial charge >= 0.3 is 5.97 Å². The average Bonchev–Trinajstić information content (AvgIpc) is 2.94. The molecule has 3 rings (SSSR count). The highest BCUT2D eigenvalue weighted by atomic mass is 35.5. The van der Waals surface area contributed by atoms with E-state index in [2.05, 4.69) is 74.6 Å². The summed E-state index contributed by atoms with van der Waals surface area (Å²) in [4.78, 5) is 11.5. The molecule has 0 spiro atoms. The number of hydrogen-bond donors (Lipinski definition) is 1. The topological polar surface area (TPSA) is 38.3 Å². The van der Waals surface area contributed by atoms with Crippen LogP contribution in [0.15, 0.2) is 54.6 Å². The van der Waals surface area contributed by atoms with Gasteiger partial charge in [0.1, 0.15) is 6.10 Å². The Morgan fingerprint density at radius 2 is 1.61 bits per heavy atom. The van der Waals surface area contributed by atoms with Crippen LogP contribution in [0, 0.1) is 5.92 Å². The SMILES string of the molecule is CC(=O)O[C@@H]1C[C@H](Cc2ccc(-c3ccccc3)cc2)C[C@H]1NC(C)(C)C.Cl. The maximum atomic E-state index is 11.5. The number of ether oxygens (including phenoxy) is 1. The van der Waals surface area contributed by atoms with Gasteiger partial charge in [-0.25, -0.2) is 0 Å². The highest BCUT2D eigenvalue weighted by molar-refractivity contribution is 5.85. The molecule has 0 aromatic heterocycles. The standard InChI is InChI=1S/C24H31NO2.ClH/c1-17(26)27-23-16-19(15-22(23)25-24(2,3)4)14-18-10-12-21(13-11-18)20-8-6-5-7-9-20;/h5-13,19,22-23,25H,14-16H2,1-4H3;1H/t19-,22-,23-;/m1./s1. The first kappa shape index (κ1) is 22.4. The van der Waals surface area contributed by atoms with E-state index in [1.807, 2.05) is 6.07 Å². The first-order valence-electron chi connectivity index (χ1n) is 9.89. The van der Waals surface area contributed by atoms with E-state index in [1.165, 1.54) is 23.6 Å². The highest BCUT2D eigenvalue weighted by Gasteiger charge is 2.37. The predicted molar refractivity (Wildman–Crippen MR) is 118 cm³/mol. The zero-order valence-corrected chi connectivity index (χ0v) is 18.1. The van der Waals surface area contributed by atoms with E-state index in [-0.39, 0.29) is 36.1 Å². The van der Waals surface area contributed by atoms with Crippen molar-refractivity contribution in [3.8, 4) is 11.1 Å². The van der Waals surface area contributed by atoms with Gasteiger partial charge in [-0.3, -0.25) is 4.79 Å². The van der Waals surface area contributed by atoms with Gasteiger partial charge in [-0.1, -0.05) is 54.6 Å². The van der Waals surface area contributed by atoms with Crippen molar-refractivity contribution in [3.63, 3.8) is 0 Å². The Bertz CT molecular complexity index is 752. The van der Waals surface area contributed by atoms with Gasteiger partial charge in [0.15, 0.2) is 0 Å². The van der Waals surface area contributed by atoms with Crippen molar-refractivity contribution in [3.05, 3.63) is 60.2 Å². The number of carbonyl (C=O) groups excluding carboxylic acids is 1. The second kappa shape index (κ2) is 9.58. The van der Waals surface area contributed by atoms with Crippen LogP contribution in [0.3, 0.4) is 0 Å². The Hall–Kier alpha value is -1.84. The third kappa shape index (κ3) is 6.35. The Labute approximate surface area is 175 Å². The molecule has 28 heavy (non-hydrogen) atoms. The second-order valence-corrected chi connectivity index (χ2v) is 8.75. The van der Waals surface area contributed by atoms with E-state index >= 15 is 0 Å². The molecule has 1 N–H and O–H groups in total. The van der Waals surface area contributed by atoms with Crippen molar-refractivity contribution in [2.24, 2.45) is 5.92 Å². The summed E-state index contributed by atoms with van der Waals surface area (Å²) >= 11 is 0. The number of nitrogens with one attached hydrogen (secondary N) is 1. The molecule has 1 saturated carbocycles. The van der Waals surface area contributed by atoms with Crippen molar-refractivity contribution in [1.29, 1.82) is 0 Å². The van der Waals surface area contributed by atoms with Gasteiger partial charge in [-0.2, -0.15) is 0 Å². The monoisotopic (exact) mass is 401 g/mol. The predicted octanol–water partition coefficient (Wildman–Crippen LogP) is 5.42. The summed E-state index contributed by atoms with van der Waals surface area (Å²) in [7, 11) is 0. The van der Waals surface area contributed by atoms with Crippen molar-refractivity contribution in [2.45, 2.75) is 64.6 Å². The fraction of sp³-hybridized carbons (Fsp3) is 0.458. The molecule has 0 saturated heterocycles. The Balaban J connectivity index is 0.00000280. The lowest BCUT2D eigenvalue weighted by Crippen LogP contribution is -2.48. The number of esters is 1. The van der Waals surface area contributed by atoms with Gasteiger partial charge in [-0.05, 0) is 62.6 Å². The molecule has 1 fully saturated rings. The molecule has 0 unspecified atom stereocenters. The van der Waals surface area contributed by atoms with E-state index in [1.54, 1.807) is 0 Å². The molecule has 0 aliphatic heterocycles. The fourth-order valence-corrected chi connectivity index (χ4v) is 4.12. The summed E-state index contributed by atoms with van der Waals surface area (Å²) in [5.74, 6) is 0.338. The maximum Gasteiger partial charge on any atom is 0.302 e. The molecular weight excluding hydrogens is 370 g/mol. The minimum Gasteiger partial charge on any atom is -0.461 e. The average molecular weight is 402 g/mol. The smallest absolute Gasteiger partial charge is 0.302 e. The van der Waals surface area contributed by atoms with Gasteiger partial charge in [0.2, 0.25) is 0 Å². The Morgan fingerprint density at radius 1 is 1.00 bits per heavy atom. The molecular formula is C24H32ClNO2. The summed E-state index contributed by atoms with van der Waals surface area (Å²) in [6.45, 7) is 7.98. The molecule has 1 aliphatic rings. The molecule has 0 radical (unpaired) electrons. The molecule has 152 valence electrons. The molecule has 1 aliphatic carbocycles. The number of halogens is 1. The Morgan fingerprint density at radius 3 is 2.18 bits per heavy atom. The van der Waals surface area contributed by atoms with E-state index in [9.17, 15) is 4.79 Å². The largest absolute Gasteiger partial charge is 0.461 e. The molecule has 0 heterocycles. The first-order valence-corrected chi connectivity index (χ1v) is 9.89. The minimum atomic E-state index is -0.187. The van der Waals surface area contributed by atoms with Crippen LogP contribution in [0.5, 0.6) is 0 Å². The van der Waals surface area contributed by atoms with Gasteiger partial charge in [0.25, 0.3) is 0 Å². The number of rotatable bonds is 5. The maximum absolute atomic E-state index is 11.5. The van der Waals surface area contributed by atoms with Crippen molar-refractivity contribution in [2.75, 3.05) is 0 Å². The zero-order valence-electron chi connectivity index (χ0n) is 17.3. The van der Waals surface area contributed by atoms with E-state index in [0.717, 1.165) is 19.3 Å². The van der Waals surface area contributed by atoms with E-state index in [0.29, 0.717) is 5.92 Å². The third-order valence-corrected chi connectivity index (χ3v) is 5.12. The highest BCUT2D eigenvalue weighted by Crippen LogP contribution is 2.33. The summed E-state index contributed by atoms with van der Waals surface area (Å²) < 4.78 is 5.61. The molecule has 4 heteroatoms. The van der Waals surface area contributed by atoms with E-state index in [4.69, 9.17) is 4.74 Å². The Kier molecular flexibility index (Phi) is 7.68. The van der Waals surface area contributed by atoms with Gasteiger partial charge in [0.05, 0.1) is 0 Å². The fourth-order valence-electron chi connectivity index (χ4n) is 4.12. The lowest BCUT2D eigenvalue weighted by atomic mass is 9.95. The van der Waals surface area contributed by atoms with Crippen LogP contribution in [0.1, 0.15) is 46.1 Å². The summed E-state index contributed by atoms with van der Waals surface area (Å²) in [5.41, 5.74) is 3.85. The number of benzene rings is 2. The quantitative estimate of drug-likeness (QED) is 0.680. The van der Waals surface area contributed by atoms with Crippen LogP contribution in [-0.2, 0) is 16.0 Å².